The van der Waals surface area contributed by atoms with E-state index in [1.165, 1.54) is 12.1 Å². The standard InChI is InChI=1S/C18H13Cl3N2O4/c1-2-25-13-6-4-3-5-10(13)17-22-14(27-23-17)9-26-18(24)15-11(19)7-8-12(20)16(15)21/h3-8H,2,9H2,1H3. The van der Waals surface area contributed by atoms with Crippen LogP contribution in [0.1, 0.15) is 23.2 Å². The maximum absolute atomic E-state index is 12.3. The maximum atomic E-state index is 12.3. The van der Waals surface area contributed by atoms with Crippen molar-refractivity contribution in [3.63, 3.8) is 0 Å². The van der Waals surface area contributed by atoms with Crippen LogP contribution in [0.2, 0.25) is 15.1 Å². The average molecular weight is 428 g/mol. The molecule has 140 valence electrons. The summed E-state index contributed by atoms with van der Waals surface area (Å²) < 4.78 is 15.8. The molecule has 0 aliphatic heterocycles. The van der Waals surface area contributed by atoms with Gasteiger partial charge in [-0.3, -0.25) is 0 Å². The number of ether oxygens (including phenoxy) is 2. The number of carbonyl (C=O) groups excluding carboxylic acids is 1. The number of esters is 1. The van der Waals surface area contributed by atoms with E-state index in [2.05, 4.69) is 10.1 Å². The van der Waals surface area contributed by atoms with Crippen molar-refractivity contribution in [2.24, 2.45) is 0 Å². The molecule has 0 spiro atoms. The van der Waals surface area contributed by atoms with Gasteiger partial charge >= 0.3 is 5.97 Å². The van der Waals surface area contributed by atoms with Crippen molar-refractivity contribution < 1.29 is 18.8 Å². The molecule has 0 aliphatic carbocycles. The van der Waals surface area contributed by atoms with Crippen molar-refractivity contribution in [2.45, 2.75) is 13.5 Å². The van der Waals surface area contributed by atoms with E-state index < -0.39 is 5.97 Å². The predicted octanol–water partition coefficient (Wildman–Crippen LogP) is 5.45. The van der Waals surface area contributed by atoms with Crippen LogP contribution in [0.15, 0.2) is 40.9 Å². The normalized spacial score (nSPS) is 10.7. The Labute approximate surface area is 169 Å². The summed E-state index contributed by atoms with van der Waals surface area (Å²) in [5.41, 5.74) is 0.647. The number of nitrogens with zero attached hydrogens (tertiary/aromatic N) is 2. The van der Waals surface area contributed by atoms with Gasteiger partial charge in [-0.05, 0) is 31.2 Å². The monoisotopic (exact) mass is 426 g/mol. The fraction of sp³-hybridized carbons (Fsp3) is 0.167. The van der Waals surface area contributed by atoms with Gasteiger partial charge in [-0.15, -0.1) is 0 Å². The summed E-state index contributed by atoms with van der Waals surface area (Å²) in [6.45, 7) is 2.13. The quantitative estimate of drug-likeness (QED) is 0.384. The minimum absolute atomic E-state index is 0.0195. The van der Waals surface area contributed by atoms with Crippen LogP contribution in [0.25, 0.3) is 11.4 Å². The number of para-hydroxylation sites is 1. The summed E-state index contributed by atoms with van der Waals surface area (Å²) in [7, 11) is 0. The lowest BCUT2D eigenvalue weighted by Gasteiger charge is -2.07. The molecule has 0 radical (unpaired) electrons. The van der Waals surface area contributed by atoms with E-state index in [4.69, 9.17) is 48.8 Å². The highest BCUT2D eigenvalue weighted by Crippen LogP contribution is 2.32. The summed E-state index contributed by atoms with van der Waals surface area (Å²) in [4.78, 5) is 16.5. The molecule has 0 amide bonds. The highest BCUT2D eigenvalue weighted by Gasteiger charge is 2.20. The molecule has 0 saturated heterocycles. The van der Waals surface area contributed by atoms with Crippen LogP contribution < -0.4 is 4.74 Å². The van der Waals surface area contributed by atoms with E-state index in [1.807, 2.05) is 19.1 Å². The topological polar surface area (TPSA) is 74.5 Å². The molecule has 1 heterocycles. The Balaban J connectivity index is 1.74. The molecule has 0 bridgehead atoms. The molecule has 3 rings (SSSR count). The third-order valence-corrected chi connectivity index (χ3v) is 4.59. The van der Waals surface area contributed by atoms with Crippen molar-refractivity contribution in [3.05, 3.63) is 62.9 Å². The molecule has 0 saturated carbocycles. The van der Waals surface area contributed by atoms with Crippen molar-refractivity contribution >= 4 is 40.8 Å². The Morgan fingerprint density at radius 1 is 1.11 bits per heavy atom. The van der Waals surface area contributed by atoms with Crippen LogP contribution in [0, 0.1) is 0 Å². The van der Waals surface area contributed by atoms with Gasteiger partial charge in [-0.2, -0.15) is 4.98 Å². The summed E-state index contributed by atoms with van der Waals surface area (Å²) in [5, 5.41) is 4.24. The second kappa shape index (κ2) is 8.61. The van der Waals surface area contributed by atoms with E-state index in [0.717, 1.165) is 0 Å². The molecule has 6 nitrogen and oxygen atoms in total. The van der Waals surface area contributed by atoms with Crippen LogP contribution in [-0.2, 0) is 11.3 Å². The lowest BCUT2D eigenvalue weighted by atomic mass is 10.2. The third kappa shape index (κ3) is 4.35. The Morgan fingerprint density at radius 2 is 1.85 bits per heavy atom. The zero-order valence-electron chi connectivity index (χ0n) is 14.0. The fourth-order valence-corrected chi connectivity index (χ4v) is 2.95. The Morgan fingerprint density at radius 3 is 2.63 bits per heavy atom. The number of hydrogen-bond donors (Lipinski definition) is 0. The number of rotatable bonds is 6. The van der Waals surface area contributed by atoms with Crippen molar-refractivity contribution in [1.82, 2.24) is 10.1 Å². The number of aromatic nitrogens is 2. The molecule has 3 aromatic rings. The van der Waals surface area contributed by atoms with E-state index in [9.17, 15) is 4.79 Å². The first-order valence-corrected chi connectivity index (χ1v) is 9.00. The summed E-state index contributed by atoms with van der Waals surface area (Å²) >= 11 is 17.9. The molecule has 27 heavy (non-hydrogen) atoms. The first-order chi connectivity index (χ1) is 13.0. The van der Waals surface area contributed by atoms with Gasteiger partial charge in [0, 0.05) is 0 Å². The SMILES string of the molecule is CCOc1ccccc1-c1noc(COC(=O)c2c(Cl)ccc(Cl)c2Cl)n1. The zero-order valence-corrected chi connectivity index (χ0v) is 16.3. The van der Waals surface area contributed by atoms with Gasteiger partial charge in [0.1, 0.15) is 5.75 Å². The first-order valence-electron chi connectivity index (χ1n) is 7.86. The Hall–Kier alpha value is -2.28. The number of carbonyl (C=O) groups is 1. The average Bonchev–Trinajstić information content (AvgIpc) is 3.13. The predicted molar refractivity (Wildman–Crippen MR) is 101 cm³/mol. The lowest BCUT2D eigenvalue weighted by Crippen LogP contribution is -2.07. The lowest BCUT2D eigenvalue weighted by molar-refractivity contribution is 0.0430. The molecule has 9 heteroatoms. The second-order valence-corrected chi connectivity index (χ2v) is 6.43. The summed E-state index contributed by atoms with van der Waals surface area (Å²) in [6.07, 6.45) is 0. The van der Waals surface area contributed by atoms with E-state index in [0.29, 0.717) is 23.7 Å². The fourth-order valence-electron chi connectivity index (χ4n) is 2.27. The molecular formula is C18H13Cl3N2O4. The molecule has 0 fully saturated rings. The van der Waals surface area contributed by atoms with Crippen LogP contribution in [-0.4, -0.2) is 22.7 Å². The van der Waals surface area contributed by atoms with Gasteiger partial charge in [0.2, 0.25) is 5.82 Å². The molecular weight excluding hydrogens is 415 g/mol. The molecule has 1 aromatic heterocycles. The highest BCUT2D eigenvalue weighted by atomic mass is 35.5. The minimum Gasteiger partial charge on any atom is -0.493 e. The largest absolute Gasteiger partial charge is 0.493 e. The van der Waals surface area contributed by atoms with Crippen molar-refractivity contribution in [3.8, 4) is 17.1 Å². The number of benzene rings is 2. The first kappa shape index (κ1) is 19.5. The van der Waals surface area contributed by atoms with Gasteiger partial charge in [0.05, 0.1) is 32.8 Å². The third-order valence-electron chi connectivity index (χ3n) is 3.47. The van der Waals surface area contributed by atoms with E-state index in [-0.39, 0.29) is 33.1 Å². The molecule has 0 unspecified atom stereocenters. The minimum atomic E-state index is -0.748. The van der Waals surface area contributed by atoms with Crippen molar-refractivity contribution in [1.29, 1.82) is 0 Å². The molecule has 0 aliphatic rings. The summed E-state index contributed by atoms with van der Waals surface area (Å²) in [6, 6.07) is 10.2. The van der Waals surface area contributed by atoms with Gasteiger partial charge in [0.15, 0.2) is 6.61 Å². The molecule has 0 atom stereocenters. The van der Waals surface area contributed by atoms with Crippen LogP contribution >= 0.6 is 34.8 Å². The molecule has 2 aromatic carbocycles. The van der Waals surface area contributed by atoms with Gasteiger partial charge in [-0.25, -0.2) is 4.79 Å². The Bertz CT molecular complexity index is 975. The van der Waals surface area contributed by atoms with Crippen LogP contribution in [0.4, 0.5) is 0 Å². The smallest absolute Gasteiger partial charge is 0.341 e. The summed E-state index contributed by atoms with van der Waals surface area (Å²) in [5.74, 6) is 0.312. The van der Waals surface area contributed by atoms with Crippen LogP contribution in [0.3, 0.4) is 0 Å². The number of halogens is 3. The maximum Gasteiger partial charge on any atom is 0.341 e. The van der Waals surface area contributed by atoms with Gasteiger partial charge < -0.3 is 14.0 Å². The Kier molecular flexibility index (Phi) is 6.21. The second-order valence-electron chi connectivity index (χ2n) is 5.24. The van der Waals surface area contributed by atoms with Crippen LogP contribution in [0.5, 0.6) is 5.75 Å². The number of hydrogen-bond acceptors (Lipinski definition) is 6. The molecule has 0 N–H and O–H groups in total. The van der Waals surface area contributed by atoms with E-state index >= 15 is 0 Å². The van der Waals surface area contributed by atoms with Crippen molar-refractivity contribution in [2.75, 3.05) is 6.61 Å². The highest BCUT2D eigenvalue weighted by molar-refractivity contribution is 6.46. The van der Waals surface area contributed by atoms with E-state index in [1.54, 1.807) is 12.1 Å². The van der Waals surface area contributed by atoms with Gasteiger partial charge in [-0.1, -0.05) is 52.1 Å². The zero-order chi connectivity index (χ0) is 19.4. The van der Waals surface area contributed by atoms with Gasteiger partial charge in [0.25, 0.3) is 5.89 Å².